The van der Waals surface area contributed by atoms with E-state index in [1.165, 1.54) is 128 Å². The normalized spacial score (nSPS) is 24.9. The van der Waals surface area contributed by atoms with Crippen LogP contribution < -0.4 is 5.32 Å². The number of carbonyl (C=O) groups excluding carboxylic acids is 1. The van der Waals surface area contributed by atoms with Crippen LogP contribution in [0.15, 0.2) is 60.8 Å². The van der Waals surface area contributed by atoms with Crippen LogP contribution in [0.4, 0.5) is 0 Å². The summed E-state index contributed by atoms with van der Waals surface area (Å²) in [6.07, 6.45) is 47.7. The van der Waals surface area contributed by atoms with E-state index in [2.05, 4.69) is 79.9 Å². The zero-order valence-electron chi connectivity index (χ0n) is 48.9. The van der Waals surface area contributed by atoms with E-state index in [4.69, 9.17) is 18.9 Å². The summed E-state index contributed by atoms with van der Waals surface area (Å²) in [4.78, 5) is 13.1. The second-order valence-corrected chi connectivity index (χ2v) is 22.2. The molecule has 0 aromatic heterocycles. The molecule has 2 heterocycles. The van der Waals surface area contributed by atoms with Gasteiger partial charge in [0.25, 0.3) is 0 Å². The Morgan fingerprint density at radius 3 is 1.36 bits per heavy atom. The van der Waals surface area contributed by atoms with Crippen molar-refractivity contribution >= 4 is 5.91 Å². The van der Waals surface area contributed by atoms with E-state index < -0.39 is 86.8 Å². The first kappa shape index (κ1) is 71.8. The maximum Gasteiger partial charge on any atom is 0.220 e. The Morgan fingerprint density at radius 2 is 0.885 bits per heavy atom. The number of hydrogen-bond donors (Lipinski definition) is 9. The van der Waals surface area contributed by atoms with Gasteiger partial charge in [-0.3, -0.25) is 4.79 Å². The van der Waals surface area contributed by atoms with Gasteiger partial charge in [-0.15, -0.1) is 0 Å². The molecule has 0 aromatic carbocycles. The largest absolute Gasteiger partial charge is 0.394 e. The molecule has 0 bridgehead atoms. The molecule has 2 fully saturated rings. The van der Waals surface area contributed by atoms with Crippen molar-refractivity contribution in [1.82, 2.24) is 5.32 Å². The minimum atomic E-state index is -1.78. The highest BCUT2D eigenvalue weighted by Crippen LogP contribution is 2.30. The number of hydrogen-bond acceptors (Lipinski definition) is 13. The van der Waals surface area contributed by atoms with E-state index >= 15 is 0 Å². The number of ether oxygens (including phenoxy) is 4. The van der Waals surface area contributed by atoms with Crippen LogP contribution in [-0.2, 0) is 23.7 Å². The molecule has 0 aromatic rings. The molecule has 9 N–H and O–H groups in total. The van der Waals surface area contributed by atoms with Gasteiger partial charge >= 0.3 is 0 Å². The minimum Gasteiger partial charge on any atom is -0.394 e. The average molecular weight is 1110 g/mol. The van der Waals surface area contributed by atoms with Gasteiger partial charge in [-0.2, -0.15) is 0 Å². The fourth-order valence-electron chi connectivity index (χ4n) is 10.2. The Hall–Kier alpha value is -2.31. The Balaban J connectivity index is 1.47. The monoisotopic (exact) mass is 1110 g/mol. The smallest absolute Gasteiger partial charge is 0.220 e. The zero-order chi connectivity index (χ0) is 56.7. The van der Waals surface area contributed by atoms with Crippen LogP contribution >= 0.6 is 0 Å². The van der Waals surface area contributed by atoms with Crippen LogP contribution in [0.5, 0.6) is 0 Å². The van der Waals surface area contributed by atoms with Crippen molar-refractivity contribution in [3.8, 4) is 0 Å². The highest BCUT2D eigenvalue weighted by molar-refractivity contribution is 5.76. The van der Waals surface area contributed by atoms with Crippen molar-refractivity contribution in [3.05, 3.63) is 60.8 Å². The summed E-state index contributed by atoms with van der Waals surface area (Å²) in [7, 11) is 0. The molecular weight excluding hydrogens is 991 g/mol. The fourth-order valence-corrected chi connectivity index (χ4v) is 10.2. The molecule has 2 rings (SSSR count). The third-order valence-corrected chi connectivity index (χ3v) is 15.2. The fraction of sp³-hybridized carbons (Fsp3) is 0.828. The molecule has 2 saturated heterocycles. The highest BCUT2D eigenvalue weighted by atomic mass is 16.7. The minimum absolute atomic E-state index is 0.212. The second kappa shape index (κ2) is 49.3. The Morgan fingerprint density at radius 1 is 0.474 bits per heavy atom. The van der Waals surface area contributed by atoms with Crippen molar-refractivity contribution in [2.24, 2.45) is 0 Å². The van der Waals surface area contributed by atoms with Gasteiger partial charge in [0.2, 0.25) is 5.91 Å². The number of unbranched alkanes of at least 4 members (excludes halogenated alkanes) is 27. The molecule has 0 aliphatic carbocycles. The molecule has 0 spiro atoms. The molecule has 1 amide bonds. The van der Waals surface area contributed by atoms with Crippen molar-refractivity contribution < 1.29 is 64.6 Å². The predicted octanol–water partition coefficient (Wildman–Crippen LogP) is 11.3. The molecule has 12 atom stereocenters. The van der Waals surface area contributed by atoms with Gasteiger partial charge in [-0.25, -0.2) is 0 Å². The molecule has 12 unspecified atom stereocenters. The number of aliphatic hydroxyl groups is 8. The first-order chi connectivity index (χ1) is 38.1. The summed E-state index contributed by atoms with van der Waals surface area (Å²) in [5.41, 5.74) is 0. The number of aliphatic hydroxyl groups excluding tert-OH is 8. The van der Waals surface area contributed by atoms with E-state index in [0.717, 1.165) is 89.9 Å². The number of nitrogens with one attached hydrogen (secondary N) is 1. The third-order valence-electron chi connectivity index (χ3n) is 15.2. The van der Waals surface area contributed by atoms with Gasteiger partial charge in [0.1, 0.15) is 48.8 Å². The molecule has 0 saturated carbocycles. The predicted molar refractivity (Wildman–Crippen MR) is 314 cm³/mol. The summed E-state index contributed by atoms with van der Waals surface area (Å²) in [5, 5.41) is 86.6. The van der Waals surface area contributed by atoms with Crippen LogP contribution in [0.1, 0.15) is 245 Å². The van der Waals surface area contributed by atoms with Gasteiger partial charge < -0.3 is 65.1 Å². The van der Waals surface area contributed by atoms with E-state index in [9.17, 15) is 45.6 Å². The van der Waals surface area contributed by atoms with Crippen LogP contribution in [0.3, 0.4) is 0 Å². The van der Waals surface area contributed by atoms with E-state index in [1.807, 2.05) is 0 Å². The topological polar surface area (TPSA) is 228 Å². The maximum absolute atomic E-state index is 13.1. The van der Waals surface area contributed by atoms with Crippen molar-refractivity contribution in [2.75, 3.05) is 19.8 Å². The number of amides is 1. The van der Waals surface area contributed by atoms with Crippen LogP contribution in [0.25, 0.3) is 0 Å². The lowest BCUT2D eigenvalue weighted by atomic mass is 9.97. The summed E-state index contributed by atoms with van der Waals surface area (Å²) in [5.74, 6) is -0.212. The molecule has 0 radical (unpaired) electrons. The summed E-state index contributed by atoms with van der Waals surface area (Å²) in [6.45, 7) is 2.65. The number of carbonyl (C=O) groups is 1. The third kappa shape index (κ3) is 34.2. The Bertz CT molecular complexity index is 1540. The van der Waals surface area contributed by atoms with Gasteiger partial charge in [0, 0.05) is 6.42 Å². The summed E-state index contributed by atoms with van der Waals surface area (Å²) in [6, 6.07) is -0.824. The van der Waals surface area contributed by atoms with Crippen molar-refractivity contribution in [3.63, 3.8) is 0 Å². The first-order valence-corrected chi connectivity index (χ1v) is 31.5. The lowest BCUT2D eigenvalue weighted by molar-refractivity contribution is -0.359. The standard InChI is InChI=1S/C64H115NO13/c1-3-5-7-9-10-11-12-13-14-15-16-17-18-19-20-21-22-23-24-25-26-27-28-29-30-31-32-33-34-35-36-37-38-39-40-41-42-44-46-48-56(69)65-52(53(68)47-45-43-8-6-4-2)51-75-63-61(74)59(72)62(55(50-67)77-63)78-64-60(73)58(71)57(70)54(49-66)76-64/h5,7,10-11,13-14,16-17,19-20,52-55,57-64,66-68,70-74H,3-4,6,8-9,12,15,18,21-51H2,1-2H3,(H,65,69)/b7-5-,11-10-,14-13-,17-16-,20-19-. The molecule has 2 aliphatic rings. The highest BCUT2D eigenvalue weighted by Gasteiger charge is 2.51. The van der Waals surface area contributed by atoms with Crippen LogP contribution in [0.2, 0.25) is 0 Å². The lowest BCUT2D eigenvalue weighted by Gasteiger charge is -2.46. The van der Waals surface area contributed by atoms with E-state index in [0.29, 0.717) is 12.8 Å². The second-order valence-electron chi connectivity index (χ2n) is 22.2. The molecule has 78 heavy (non-hydrogen) atoms. The SMILES string of the molecule is CC/C=C\C/C=C\C/C=C\C/C=C\C/C=C\CCCCCCCCCCCCCCCCCCCCCCCCCC(=O)NC(COC1OC(CO)C(OC2OC(CO)C(O)C(O)C2O)C(O)C1O)C(O)CCCCCCC. The average Bonchev–Trinajstić information content (AvgIpc) is 3.47. The van der Waals surface area contributed by atoms with Gasteiger partial charge in [0.15, 0.2) is 12.6 Å². The van der Waals surface area contributed by atoms with Gasteiger partial charge in [-0.05, 0) is 57.8 Å². The van der Waals surface area contributed by atoms with Crippen LogP contribution in [0, 0.1) is 0 Å². The van der Waals surface area contributed by atoms with Gasteiger partial charge in [0.05, 0.1) is 32.0 Å². The van der Waals surface area contributed by atoms with Crippen LogP contribution in [-0.4, -0.2) is 140 Å². The first-order valence-electron chi connectivity index (χ1n) is 31.5. The molecule has 454 valence electrons. The lowest BCUT2D eigenvalue weighted by Crippen LogP contribution is -2.65. The quantitative estimate of drug-likeness (QED) is 0.0204. The molecule has 14 nitrogen and oxygen atoms in total. The van der Waals surface area contributed by atoms with Crippen molar-refractivity contribution in [1.29, 1.82) is 0 Å². The molecular formula is C64H115NO13. The number of allylic oxidation sites excluding steroid dienone is 10. The number of rotatable bonds is 50. The van der Waals surface area contributed by atoms with E-state index in [-0.39, 0.29) is 12.5 Å². The Kier molecular flexibility index (Phi) is 45.4. The summed E-state index contributed by atoms with van der Waals surface area (Å²) < 4.78 is 22.7. The van der Waals surface area contributed by atoms with Crippen molar-refractivity contribution in [2.45, 2.75) is 319 Å². The zero-order valence-corrected chi connectivity index (χ0v) is 48.9. The Labute approximate surface area is 473 Å². The molecule has 2 aliphatic heterocycles. The molecule has 14 heteroatoms. The summed E-state index contributed by atoms with van der Waals surface area (Å²) >= 11 is 0. The van der Waals surface area contributed by atoms with Gasteiger partial charge in [-0.1, -0.05) is 242 Å². The maximum atomic E-state index is 13.1. The van der Waals surface area contributed by atoms with E-state index in [1.54, 1.807) is 0 Å².